The number of halogens is 1. The third-order valence-electron chi connectivity index (χ3n) is 0.592. The Morgan fingerprint density at radius 3 is 2.57 bits per heavy atom. The number of nitrogens with two attached hydrogens (primary N) is 1. The molecule has 0 aromatic heterocycles. The Hall–Kier alpha value is -0.150. The highest BCUT2D eigenvalue weighted by atomic mass is 19.1. The van der Waals surface area contributed by atoms with E-state index in [2.05, 4.69) is 5.32 Å². The molecule has 0 aliphatic heterocycles. The van der Waals surface area contributed by atoms with E-state index >= 15 is 0 Å². The summed E-state index contributed by atoms with van der Waals surface area (Å²) in [7, 11) is 0. The van der Waals surface area contributed by atoms with Crippen LogP contribution in [-0.2, 0) is 0 Å². The number of hydrogen-bond donors (Lipinski definition) is 2. The average molecular weight is 106 g/mol. The van der Waals surface area contributed by atoms with E-state index in [4.69, 9.17) is 5.73 Å². The quantitative estimate of drug-likeness (QED) is 0.474. The first-order valence-corrected chi connectivity index (χ1v) is 2.38. The molecule has 44 valence electrons. The van der Waals surface area contributed by atoms with Gasteiger partial charge in [0.05, 0.1) is 0 Å². The molecule has 0 fully saturated rings. The summed E-state index contributed by atoms with van der Waals surface area (Å²) < 4.78 is 11.2. The molecule has 0 radical (unpaired) electrons. The van der Waals surface area contributed by atoms with Crippen LogP contribution in [0.3, 0.4) is 0 Å². The smallest absolute Gasteiger partial charge is 0.102 e. The van der Waals surface area contributed by atoms with Gasteiger partial charge in [-0.1, -0.05) is 0 Å². The maximum Gasteiger partial charge on any atom is 0.102 e. The monoisotopic (exact) mass is 106 g/mol. The van der Waals surface area contributed by atoms with Gasteiger partial charge in [0.1, 0.15) is 6.67 Å². The fourth-order valence-electron chi connectivity index (χ4n) is 0.294. The van der Waals surface area contributed by atoms with E-state index in [-0.39, 0.29) is 6.67 Å². The van der Waals surface area contributed by atoms with Crippen LogP contribution in [0, 0.1) is 0 Å². The lowest BCUT2D eigenvalue weighted by Gasteiger charge is -1.94. The molecule has 0 heterocycles. The van der Waals surface area contributed by atoms with Crippen molar-refractivity contribution < 1.29 is 4.39 Å². The normalized spacial score (nSPS) is 9.43. The first-order valence-electron chi connectivity index (χ1n) is 2.38. The molecule has 3 N–H and O–H groups in total. The van der Waals surface area contributed by atoms with Crippen molar-refractivity contribution in [2.24, 2.45) is 5.73 Å². The second-order valence-electron chi connectivity index (χ2n) is 1.23. The summed E-state index contributed by atoms with van der Waals surface area (Å²) in [6.45, 7) is 1.42. The molecular weight excluding hydrogens is 95.1 g/mol. The summed E-state index contributed by atoms with van der Waals surface area (Å²) in [6, 6.07) is 0. The third kappa shape index (κ3) is 5.85. The summed E-state index contributed by atoms with van der Waals surface area (Å²) in [6.07, 6.45) is 0. The number of alkyl halides is 1. The topological polar surface area (TPSA) is 38.0 Å². The standard InChI is InChI=1S/C4H11FN2/c5-1-3-7-4-2-6/h7H,1-4,6H2. The second kappa shape index (κ2) is 5.85. The largest absolute Gasteiger partial charge is 0.329 e. The highest BCUT2D eigenvalue weighted by molar-refractivity contribution is 4.43. The van der Waals surface area contributed by atoms with Crippen molar-refractivity contribution in [1.29, 1.82) is 0 Å². The molecule has 0 aliphatic rings. The molecule has 0 saturated carbocycles. The Balaban J connectivity index is 2.45. The van der Waals surface area contributed by atoms with E-state index in [1.807, 2.05) is 0 Å². The summed E-state index contributed by atoms with van der Waals surface area (Å²) in [5.74, 6) is 0. The summed E-state index contributed by atoms with van der Waals surface area (Å²) >= 11 is 0. The zero-order chi connectivity index (χ0) is 5.54. The third-order valence-corrected chi connectivity index (χ3v) is 0.592. The maximum atomic E-state index is 11.2. The van der Waals surface area contributed by atoms with Crippen molar-refractivity contribution in [3.8, 4) is 0 Å². The van der Waals surface area contributed by atoms with Crippen molar-refractivity contribution in [3.05, 3.63) is 0 Å². The fraction of sp³-hybridized carbons (Fsp3) is 1.00. The van der Waals surface area contributed by atoms with E-state index in [0.717, 1.165) is 0 Å². The van der Waals surface area contributed by atoms with Gasteiger partial charge in [-0.2, -0.15) is 0 Å². The SMILES string of the molecule is NCCNCCF. The molecule has 0 unspecified atom stereocenters. The zero-order valence-electron chi connectivity index (χ0n) is 4.28. The Morgan fingerprint density at radius 2 is 2.14 bits per heavy atom. The van der Waals surface area contributed by atoms with Crippen molar-refractivity contribution in [2.75, 3.05) is 26.3 Å². The minimum absolute atomic E-state index is 0.306. The minimum atomic E-state index is -0.306. The van der Waals surface area contributed by atoms with Crippen LogP contribution in [0.25, 0.3) is 0 Å². The molecule has 0 rings (SSSR count). The molecular formula is C4H11FN2. The summed E-state index contributed by atoms with van der Waals surface area (Å²) in [5, 5.41) is 2.78. The van der Waals surface area contributed by atoms with Crippen molar-refractivity contribution in [1.82, 2.24) is 5.32 Å². The Bertz CT molecular complexity index is 28.9. The van der Waals surface area contributed by atoms with Crippen LogP contribution in [0.1, 0.15) is 0 Å². The van der Waals surface area contributed by atoms with Crippen LogP contribution in [0.5, 0.6) is 0 Å². The van der Waals surface area contributed by atoms with Gasteiger partial charge in [0.2, 0.25) is 0 Å². The van der Waals surface area contributed by atoms with Crippen LogP contribution in [0.4, 0.5) is 4.39 Å². The molecule has 0 aliphatic carbocycles. The minimum Gasteiger partial charge on any atom is -0.329 e. The van der Waals surface area contributed by atoms with Gasteiger partial charge in [0, 0.05) is 19.6 Å². The number of nitrogens with one attached hydrogen (secondary N) is 1. The highest BCUT2D eigenvalue weighted by Crippen LogP contribution is 1.59. The molecule has 7 heavy (non-hydrogen) atoms. The van der Waals surface area contributed by atoms with Gasteiger partial charge < -0.3 is 11.1 Å². The van der Waals surface area contributed by atoms with Gasteiger partial charge in [-0.25, -0.2) is 4.39 Å². The predicted octanol–water partition coefficient (Wildman–Crippen LogP) is -0.496. The van der Waals surface area contributed by atoms with E-state index in [1.165, 1.54) is 0 Å². The van der Waals surface area contributed by atoms with Gasteiger partial charge in [0.15, 0.2) is 0 Å². The second-order valence-corrected chi connectivity index (χ2v) is 1.23. The molecule has 3 heteroatoms. The molecule has 0 atom stereocenters. The van der Waals surface area contributed by atoms with Gasteiger partial charge >= 0.3 is 0 Å². The highest BCUT2D eigenvalue weighted by Gasteiger charge is 1.78. The predicted molar refractivity (Wildman–Crippen MR) is 27.9 cm³/mol. The van der Waals surface area contributed by atoms with Crippen LogP contribution >= 0.6 is 0 Å². The van der Waals surface area contributed by atoms with E-state index < -0.39 is 0 Å². The van der Waals surface area contributed by atoms with Gasteiger partial charge in [-0.15, -0.1) is 0 Å². The number of hydrogen-bond acceptors (Lipinski definition) is 2. The maximum absolute atomic E-state index is 11.2. The van der Waals surface area contributed by atoms with Gasteiger partial charge in [-0.3, -0.25) is 0 Å². The van der Waals surface area contributed by atoms with E-state index in [9.17, 15) is 4.39 Å². The first kappa shape index (κ1) is 6.85. The Kier molecular flexibility index (Phi) is 5.72. The lowest BCUT2D eigenvalue weighted by atomic mass is 10.6. The Labute approximate surface area is 42.9 Å². The summed E-state index contributed by atoms with van der Waals surface area (Å²) in [4.78, 5) is 0. The van der Waals surface area contributed by atoms with Crippen LogP contribution in [-0.4, -0.2) is 26.3 Å². The molecule has 0 spiro atoms. The molecule has 0 bridgehead atoms. The van der Waals surface area contributed by atoms with Crippen molar-refractivity contribution in [2.45, 2.75) is 0 Å². The average Bonchev–Trinajstić information content (AvgIpc) is 1.69. The fourth-order valence-corrected chi connectivity index (χ4v) is 0.294. The lowest BCUT2D eigenvalue weighted by Crippen LogP contribution is -2.24. The van der Waals surface area contributed by atoms with Gasteiger partial charge in [-0.05, 0) is 0 Å². The van der Waals surface area contributed by atoms with Crippen LogP contribution in [0.15, 0.2) is 0 Å². The lowest BCUT2D eigenvalue weighted by molar-refractivity contribution is 0.469. The van der Waals surface area contributed by atoms with Crippen molar-refractivity contribution in [3.63, 3.8) is 0 Å². The van der Waals surface area contributed by atoms with E-state index in [0.29, 0.717) is 19.6 Å². The summed E-state index contributed by atoms with van der Waals surface area (Å²) in [5.41, 5.74) is 5.08. The van der Waals surface area contributed by atoms with Gasteiger partial charge in [0.25, 0.3) is 0 Å². The molecule has 0 aromatic rings. The zero-order valence-corrected chi connectivity index (χ0v) is 4.28. The molecule has 0 aromatic carbocycles. The van der Waals surface area contributed by atoms with Crippen molar-refractivity contribution >= 4 is 0 Å². The Morgan fingerprint density at radius 1 is 1.43 bits per heavy atom. The molecule has 2 nitrogen and oxygen atoms in total. The van der Waals surface area contributed by atoms with E-state index in [1.54, 1.807) is 0 Å². The molecule has 0 amide bonds. The molecule has 0 saturated heterocycles. The van der Waals surface area contributed by atoms with Crippen LogP contribution < -0.4 is 11.1 Å². The van der Waals surface area contributed by atoms with Crippen LogP contribution in [0.2, 0.25) is 0 Å². The first-order chi connectivity index (χ1) is 3.41. The number of rotatable bonds is 4.